The number of ether oxygens (including phenoxy) is 1. The molecule has 1 aliphatic heterocycles. The van der Waals surface area contributed by atoms with Gasteiger partial charge in [-0.05, 0) is 18.7 Å². The molecule has 4 heteroatoms. The van der Waals surface area contributed by atoms with Crippen LogP contribution in [0.3, 0.4) is 0 Å². The molecule has 0 aliphatic carbocycles. The molecule has 1 saturated heterocycles. The Balaban J connectivity index is 2.29. The lowest BCUT2D eigenvalue weighted by Crippen LogP contribution is -2.42. The predicted octanol–water partition coefficient (Wildman–Crippen LogP) is 1.96. The Hall–Kier alpha value is -1.55. The van der Waals surface area contributed by atoms with Gasteiger partial charge in [0.05, 0.1) is 0 Å². The quantitative estimate of drug-likeness (QED) is 0.749. The Bertz CT molecular complexity index is 358. The molecule has 0 atom stereocenters. The molecule has 0 unspecified atom stereocenters. The van der Waals surface area contributed by atoms with Crippen molar-refractivity contribution in [3.05, 3.63) is 35.9 Å². The van der Waals surface area contributed by atoms with E-state index in [2.05, 4.69) is 5.32 Å². The molecule has 0 spiro atoms. The highest BCUT2D eigenvalue weighted by atomic mass is 16.7. The third-order valence-electron chi connectivity index (χ3n) is 2.99. The summed E-state index contributed by atoms with van der Waals surface area (Å²) in [6, 6.07) is 9.58. The standard InChI is InChI=1S/C12H15NO3/c14-11(15)16-12(6-8-13-9-7-12)10-4-2-1-3-5-10/h1-5,13H,6-9H2,(H,14,15). The van der Waals surface area contributed by atoms with Gasteiger partial charge in [0.2, 0.25) is 0 Å². The molecule has 86 valence electrons. The Morgan fingerprint density at radius 3 is 2.44 bits per heavy atom. The molecule has 2 N–H and O–H groups in total. The summed E-state index contributed by atoms with van der Waals surface area (Å²) in [6.07, 6.45) is 0.165. The summed E-state index contributed by atoms with van der Waals surface area (Å²) in [5, 5.41) is 12.1. The number of carboxylic acid groups (broad SMARTS) is 1. The smallest absolute Gasteiger partial charge is 0.450 e. The molecule has 1 fully saturated rings. The van der Waals surface area contributed by atoms with Crippen LogP contribution in [0.4, 0.5) is 4.79 Å². The summed E-state index contributed by atoms with van der Waals surface area (Å²) in [5.41, 5.74) is 0.275. The number of carbonyl (C=O) groups is 1. The first-order chi connectivity index (χ1) is 7.73. The van der Waals surface area contributed by atoms with Crippen LogP contribution in [0.2, 0.25) is 0 Å². The first kappa shape index (κ1) is 11.0. The zero-order valence-corrected chi connectivity index (χ0v) is 8.98. The number of nitrogens with one attached hydrogen (secondary N) is 1. The van der Waals surface area contributed by atoms with Crippen LogP contribution in [0.5, 0.6) is 0 Å². The Labute approximate surface area is 94.2 Å². The minimum absolute atomic E-state index is 0.668. The third-order valence-corrected chi connectivity index (χ3v) is 2.99. The van der Waals surface area contributed by atoms with Crippen molar-refractivity contribution in [1.82, 2.24) is 5.32 Å². The minimum Gasteiger partial charge on any atom is -0.450 e. The van der Waals surface area contributed by atoms with Gasteiger partial charge in [-0.1, -0.05) is 30.3 Å². The molecule has 1 aliphatic rings. The predicted molar refractivity (Wildman–Crippen MR) is 59.3 cm³/mol. The van der Waals surface area contributed by atoms with Gasteiger partial charge in [-0.2, -0.15) is 0 Å². The van der Waals surface area contributed by atoms with E-state index in [1.807, 2.05) is 30.3 Å². The molecule has 0 aromatic heterocycles. The second kappa shape index (κ2) is 4.53. The van der Waals surface area contributed by atoms with Crippen LogP contribution in [-0.2, 0) is 10.3 Å². The summed E-state index contributed by atoms with van der Waals surface area (Å²) < 4.78 is 5.14. The van der Waals surface area contributed by atoms with Gasteiger partial charge < -0.3 is 15.2 Å². The second-order valence-corrected chi connectivity index (χ2v) is 3.98. The average Bonchev–Trinajstić information content (AvgIpc) is 2.30. The Kier molecular flexibility index (Phi) is 3.10. The van der Waals surface area contributed by atoms with Crippen LogP contribution < -0.4 is 5.32 Å². The van der Waals surface area contributed by atoms with Crippen molar-refractivity contribution >= 4 is 6.16 Å². The summed E-state index contributed by atoms with van der Waals surface area (Å²) in [7, 11) is 0. The topological polar surface area (TPSA) is 58.6 Å². The van der Waals surface area contributed by atoms with E-state index >= 15 is 0 Å². The highest BCUT2D eigenvalue weighted by Gasteiger charge is 2.37. The lowest BCUT2D eigenvalue weighted by molar-refractivity contribution is -0.0417. The van der Waals surface area contributed by atoms with Crippen LogP contribution in [0, 0.1) is 0 Å². The van der Waals surface area contributed by atoms with Crippen LogP contribution >= 0.6 is 0 Å². The summed E-state index contributed by atoms with van der Waals surface area (Å²) in [4.78, 5) is 10.8. The maximum atomic E-state index is 10.8. The number of rotatable bonds is 2. The average molecular weight is 221 g/mol. The van der Waals surface area contributed by atoms with Gasteiger partial charge in [-0.15, -0.1) is 0 Å². The minimum atomic E-state index is -1.20. The van der Waals surface area contributed by atoms with E-state index in [1.165, 1.54) is 0 Å². The zero-order valence-electron chi connectivity index (χ0n) is 8.98. The molecular formula is C12H15NO3. The van der Waals surface area contributed by atoms with Gasteiger partial charge in [0, 0.05) is 12.8 Å². The van der Waals surface area contributed by atoms with E-state index in [0.717, 1.165) is 18.7 Å². The summed E-state index contributed by atoms with van der Waals surface area (Å²) in [6.45, 7) is 1.56. The largest absolute Gasteiger partial charge is 0.506 e. The Morgan fingerprint density at radius 1 is 1.25 bits per heavy atom. The lowest BCUT2D eigenvalue weighted by atomic mass is 9.85. The maximum Gasteiger partial charge on any atom is 0.506 e. The molecule has 0 saturated carbocycles. The van der Waals surface area contributed by atoms with Crippen molar-refractivity contribution in [3.63, 3.8) is 0 Å². The fourth-order valence-electron chi connectivity index (χ4n) is 2.19. The van der Waals surface area contributed by atoms with Crippen molar-refractivity contribution in [3.8, 4) is 0 Å². The monoisotopic (exact) mass is 221 g/mol. The van der Waals surface area contributed by atoms with E-state index in [4.69, 9.17) is 9.84 Å². The molecule has 0 amide bonds. The van der Waals surface area contributed by atoms with Crippen LogP contribution in [0.15, 0.2) is 30.3 Å². The van der Waals surface area contributed by atoms with Crippen molar-refractivity contribution in [2.45, 2.75) is 18.4 Å². The molecule has 0 bridgehead atoms. The lowest BCUT2D eigenvalue weighted by Gasteiger charge is -2.36. The second-order valence-electron chi connectivity index (χ2n) is 3.98. The maximum absolute atomic E-state index is 10.8. The van der Waals surface area contributed by atoms with E-state index in [0.29, 0.717) is 12.8 Å². The fourth-order valence-corrected chi connectivity index (χ4v) is 2.19. The number of hydrogen-bond donors (Lipinski definition) is 2. The van der Waals surface area contributed by atoms with E-state index < -0.39 is 11.8 Å². The number of piperidine rings is 1. The van der Waals surface area contributed by atoms with Gasteiger partial charge in [0.15, 0.2) is 0 Å². The van der Waals surface area contributed by atoms with Crippen molar-refractivity contribution in [1.29, 1.82) is 0 Å². The molecule has 4 nitrogen and oxygen atoms in total. The third kappa shape index (κ3) is 2.17. The van der Waals surface area contributed by atoms with Gasteiger partial charge in [0.1, 0.15) is 5.60 Å². The Morgan fingerprint density at radius 2 is 1.88 bits per heavy atom. The van der Waals surface area contributed by atoms with E-state index in [9.17, 15) is 4.79 Å². The van der Waals surface area contributed by atoms with Crippen LogP contribution in [0.1, 0.15) is 18.4 Å². The number of hydrogen-bond acceptors (Lipinski definition) is 3. The fraction of sp³-hybridized carbons (Fsp3) is 0.417. The zero-order chi connectivity index (χ0) is 11.4. The normalized spacial score (nSPS) is 19.0. The first-order valence-electron chi connectivity index (χ1n) is 5.41. The molecule has 0 radical (unpaired) electrons. The molecule has 1 heterocycles. The highest BCUT2D eigenvalue weighted by molar-refractivity contribution is 5.58. The van der Waals surface area contributed by atoms with E-state index in [-0.39, 0.29) is 0 Å². The first-order valence-corrected chi connectivity index (χ1v) is 5.41. The van der Waals surface area contributed by atoms with Gasteiger partial charge >= 0.3 is 6.16 Å². The van der Waals surface area contributed by atoms with Gasteiger partial charge in [-0.25, -0.2) is 4.79 Å². The van der Waals surface area contributed by atoms with Gasteiger partial charge in [-0.3, -0.25) is 0 Å². The van der Waals surface area contributed by atoms with Crippen molar-refractivity contribution < 1.29 is 14.6 Å². The number of benzene rings is 1. The van der Waals surface area contributed by atoms with E-state index in [1.54, 1.807) is 0 Å². The molecular weight excluding hydrogens is 206 g/mol. The molecule has 1 aromatic rings. The van der Waals surface area contributed by atoms with Gasteiger partial charge in [0.25, 0.3) is 0 Å². The molecule has 2 rings (SSSR count). The van der Waals surface area contributed by atoms with Crippen molar-refractivity contribution in [2.24, 2.45) is 0 Å². The molecule has 16 heavy (non-hydrogen) atoms. The SMILES string of the molecule is O=C(O)OC1(c2ccccc2)CCNCC1. The van der Waals surface area contributed by atoms with Crippen LogP contribution in [0.25, 0.3) is 0 Å². The molecule has 1 aromatic carbocycles. The summed E-state index contributed by atoms with van der Waals surface area (Å²) in [5.74, 6) is 0. The summed E-state index contributed by atoms with van der Waals surface area (Å²) >= 11 is 0. The highest BCUT2D eigenvalue weighted by Crippen LogP contribution is 2.34. The van der Waals surface area contributed by atoms with Crippen LogP contribution in [-0.4, -0.2) is 24.4 Å². The van der Waals surface area contributed by atoms with Crippen molar-refractivity contribution in [2.75, 3.05) is 13.1 Å².